The van der Waals surface area contributed by atoms with Crippen LogP contribution in [0, 0.1) is 11.6 Å². The zero-order valence-corrected chi connectivity index (χ0v) is 11.6. The van der Waals surface area contributed by atoms with Gasteiger partial charge in [-0.3, -0.25) is 0 Å². The van der Waals surface area contributed by atoms with E-state index in [9.17, 15) is 8.78 Å². The third-order valence-corrected chi connectivity index (χ3v) is 3.20. The molecule has 0 aliphatic rings. The van der Waals surface area contributed by atoms with Crippen molar-refractivity contribution in [2.45, 2.75) is 19.1 Å². The van der Waals surface area contributed by atoms with Crippen LogP contribution >= 0.6 is 11.6 Å². The fraction of sp³-hybridized carbons (Fsp3) is 0.200. The summed E-state index contributed by atoms with van der Waals surface area (Å²) in [5.74, 6) is -2.19. The predicted molar refractivity (Wildman–Crippen MR) is 74.8 cm³/mol. The average molecular weight is 298 g/mol. The van der Waals surface area contributed by atoms with E-state index in [1.54, 1.807) is 31.2 Å². The maximum absolute atomic E-state index is 13.7. The SMILES string of the molecule is CC(N)C(Oc1cccc(F)c1F)c1ccccc1Cl. The van der Waals surface area contributed by atoms with E-state index >= 15 is 0 Å². The average Bonchev–Trinajstić information content (AvgIpc) is 2.41. The summed E-state index contributed by atoms with van der Waals surface area (Å²) >= 11 is 6.10. The molecule has 106 valence electrons. The summed E-state index contributed by atoms with van der Waals surface area (Å²) in [6.07, 6.45) is -0.667. The van der Waals surface area contributed by atoms with Gasteiger partial charge in [0.25, 0.3) is 0 Å². The van der Waals surface area contributed by atoms with Crippen LogP contribution in [-0.2, 0) is 0 Å². The van der Waals surface area contributed by atoms with E-state index in [0.717, 1.165) is 6.07 Å². The van der Waals surface area contributed by atoms with Gasteiger partial charge in [-0.2, -0.15) is 4.39 Å². The molecule has 5 heteroatoms. The van der Waals surface area contributed by atoms with E-state index in [4.69, 9.17) is 22.1 Å². The fourth-order valence-corrected chi connectivity index (χ4v) is 2.11. The first-order chi connectivity index (χ1) is 9.50. The van der Waals surface area contributed by atoms with Crippen LogP contribution in [0.5, 0.6) is 5.75 Å². The molecule has 0 aliphatic heterocycles. The van der Waals surface area contributed by atoms with Gasteiger partial charge in [-0.15, -0.1) is 0 Å². The molecule has 0 aromatic heterocycles. The Kier molecular flexibility index (Phi) is 4.57. The Morgan fingerprint density at radius 3 is 2.45 bits per heavy atom. The minimum absolute atomic E-state index is 0.188. The lowest BCUT2D eigenvalue weighted by Crippen LogP contribution is -2.29. The number of rotatable bonds is 4. The Hall–Kier alpha value is -1.65. The second kappa shape index (κ2) is 6.20. The molecule has 0 heterocycles. The first-order valence-corrected chi connectivity index (χ1v) is 6.49. The largest absolute Gasteiger partial charge is 0.481 e. The molecular formula is C15H14ClF2NO. The fourth-order valence-electron chi connectivity index (χ4n) is 1.87. The van der Waals surface area contributed by atoms with Crippen molar-refractivity contribution < 1.29 is 13.5 Å². The van der Waals surface area contributed by atoms with Crippen molar-refractivity contribution in [3.8, 4) is 5.75 Å². The highest BCUT2D eigenvalue weighted by Crippen LogP contribution is 2.31. The van der Waals surface area contributed by atoms with Crippen molar-refractivity contribution in [2.24, 2.45) is 5.73 Å². The summed E-state index contributed by atoms with van der Waals surface area (Å²) in [6, 6.07) is 10.3. The van der Waals surface area contributed by atoms with Crippen LogP contribution in [-0.4, -0.2) is 6.04 Å². The van der Waals surface area contributed by atoms with E-state index in [1.165, 1.54) is 12.1 Å². The molecule has 2 unspecified atom stereocenters. The van der Waals surface area contributed by atoms with Gasteiger partial charge in [-0.25, -0.2) is 4.39 Å². The first-order valence-electron chi connectivity index (χ1n) is 6.11. The predicted octanol–water partition coefficient (Wildman–Crippen LogP) is 4.09. The molecule has 2 aromatic rings. The molecule has 0 amide bonds. The minimum Gasteiger partial charge on any atom is -0.481 e. The van der Waals surface area contributed by atoms with Gasteiger partial charge in [0, 0.05) is 16.6 Å². The highest BCUT2D eigenvalue weighted by atomic mass is 35.5. The van der Waals surface area contributed by atoms with Gasteiger partial charge in [0.05, 0.1) is 0 Å². The van der Waals surface area contributed by atoms with Crippen molar-refractivity contribution in [3.05, 3.63) is 64.7 Å². The number of hydrogen-bond donors (Lipinski definition) is 1. The van der Waals surface area contributed by atoms with Crippen molar-refractivity contribution >= 4 is 11.6 Å². The second-order valence-electron chi connectivity index (χ2n) is 4.47. The third kappa shape index (κ3) is 3.08. The molecular weight excluding hydrogens is 284 g/mol. The monoisotopic (exact) mass is 297 g/mol. The van der Waals surface area contributed by atoms with E-state index in [2.05, 4.69) is 0 Å². The lowest BCUT2D eigenvalue weighted by Gasteiger charge is -2.24. The van der Waals surface area contributed by atoms with Gasteiger partial charge in [-0.1, -0.05) is 35.9 Å². The Morgan fingerprint density at radius 1 is 1.10 bits per heavy atom. The summed E-state index contributed by atoms with van der Waals surface area (Å²) in [5, 5.41) is 0.464. The van der Waals surface area contributed by atoms with E-state index in [0.29, 0.717) is 10.6 Å². The lowest BCUT2D eigenvalue weighted by molar-refractivity contribution is 0.171. The number of ether oxygens (including phenoxy) is 1. The summed E-state index contributed by atoms with van der Waals surface area (Å²) in [7, 11) is 0. The standard InChI is InChI=1S/C15H14ClF2NO/c1-9(19)15(10-5-2-3-6-11(10)16)20-13-8-4-7-12(17)14(13)18/h2-9,15H,19H2,1H3. The second-order valence-corrected chi connectivity index (χ2v) is 4.88. The Morgan fingerprint density at radius 2 is 1.80 bits per heavy atom. The molecule has 0 saturated carbocycles. The molecule has 2 atom stereocenters. The molecule has 0 radical (unpaired) electrons. The Balaban J connectivity index is 2.36. The van der Waals surface area contributed by atoms with E-state index in [1.807, 2.05) is 0 Å². The first kappa shape index (κ1) is 14.8. The molecule has 0 fully saturated rings. The maximum atomic E-state index is 13.7. The molecule has 0 spiro atoms. The number of halogens is 3. The van der Waals surface area contributed by atoms with Crippen molar-refractivity contribution in [1.29, 1.82) is 0 Å². The third-order valence-electron chi connectivity index (χ3n) is 2.86. The zero-order chi connectivity index (χ0) is 14.7. The van der Waals surface area contributed by atoms with Gasteiger partial charge in [0.1, 0.15) is 6.10 Å². The lowest BCUT2D eigenvalue weighted by atomic mass is 10.0. The topological polar surface area (TPSA) is 35.2 Å². The van der Waals surface area contributed by atoms with Crippen molar-refractivity contribution in [3.63, 3.8) is 0 Å². The summed E-state index contributed by atoms with van der Waals surface area (Å²) < 4.78 is 32.4. The van der Waals surface area contributed by atoms with Gasteiger partial charge >= 0.3 is 0 Å². The molecule has 2 nitrogen and oxygen atoms in total. The molecule has 20 heavy (non-hydrogen) atoms. The molecule has 0 aliphatic carbocycles. The van der Waals surface area contributed by atoms with Gasteiger partial charge in [-0.05, 0) is 25.1 Å². The van der Waals surface area contributed by atoms with Crippen LogP contribution in [0.4, 0.5) is 8.78 Å². The van der Waals surface area contributed by atoms with Crippen molar-refractivity contribution in [1.82, 2.24) is 0 Å². The highest BCUT2D eigenvalue weighted by Gasteiger charge is 2.22. The number of hydrogen-bond acceptors (Lipinski definition) is 2. The minimum atomic E-state index is -1.04. The summed E-state index contributed by atoms with van der Waals surface area (Å²) in [5.41, 5.74) is 6.51. The Labute approximate surface area is 121 Å². The number of nitrogens with two attached hydrogens (primary N) is 1. The number of benzene rings is 2. The van der Waals surface area contributed by atoms with Gasteiger partial charge in [0.15, 0.2) is 11.6 Å². The maximum Gasteiger partial charge on any atom is 0.200 e. The van der Waals surface area contributed by atoms with Crippen LogP contribution in [0.3, 0.4) is 0 Å². The van der Waals surface area contributed by atoms with Crippen LogP contribution < -0.4 is 10.5 Å². The molecule has 0 bridgehead atoms. The molecule has 2 aromatic carbocycles. The molecule has 2 rings (SSSR count). The van der Waals surface area contributed by atoms with Crippen LogP contribution in [0.25, 0.3) is 0 Å². The summed E-state index contributed by atoms with van der Waals surface area (Å²) in [6.45, 7) is 1.71. The van der Waals surface area contributed by atoms with Crippen LogP contribution in [0.1, 0.15) is 18.6 Å². The molecule has 2 N–H and O–H groups in total. The Bertz CT molecular complexity index is 604. The zero-order valence-electron chi connectivity index (χ0n) is 10.8. The van der Waals surface area contributed by atoms with Crippen molar-refractivity contribution in [2.75, 3.05) is 0 Å². The molecule has 0 saturated heterocycles. The van der Waals surface area contributed by atoms with Crippen LogP contribution in [0.2, 0.25) is 5.02 Å². The van der Waals surface area contributed by atoms with E-state index in [-0.39, 0.29) is 5.75 Å². The summed E-state index contributed by atoms with van der Waals surface area (Å²) in [4.78, 5) is 0. The van der Waals surface area contributed by atoms with Gasteiger partial charge < -0.3 is 10.5 Å². The highest BCUT2D eigenvalue weighted by molar-refractivity contribution is 6.31. The van der Waals surface area contributed by atoms with E-state index < -0.39 is 23.8 Å². The smallest absolute Gasteiger partial charge is 0.200 e. The van der Waals surface area contributed by atoms with Crippen LogP contribution in [0.15, 0.2) is 42.5 Å². The quantitative estimate of drug-likeness (QED) is 0.922. The normalized spacial score (nSPS) is 13.8. The van der Waals surface area contributed by atoms with Gasteiger partial charge in [0.2, 0.25) is 5.82 Å².